The third-order valence-corrected chi connectivity index (χ3v) is 7.71. The van der Waals surface area contributed by atoms with E-state index in [4.69, 9.17) is 11.6 Å². The third-order valence-electron chi connectivity index (χ3n) is 7.47. The van der Waals surface area contributed by atoms with E-state index in [9.17, 15) is 14.7 Å². The second kappa shape index (κ2) is 9.87. The first-order chi connectivity index (χ1) is 17.2. The minimum atomic E-state index is -1.01. The highest BCUT2D eigenvalue weighted by Gasteiger charge is 2.35. The lowest BCUT2D eigenvalue weighted by molar-refractivity contribution is -0.120. The van der Waals surface area contributed by atoms with Gasteiger partial charge in [0.15, 0.2) is 5.78 Å². The maximum absolute atomic E-state index is 15.4. The molecule has 0 amide bonds. The molecule has 2 N–H and O–H groups in total. The van der Waals surface area contributed by atoms with Gasteiger partial charge in [-0.25, -0.2) is 9.18 Å². The minimum Gasteiger partial charge on any atom is -0.478 e. The fourth-order valence-corrected chi connectivity index (χ4v) is 6.01. The van der Waals surface area contributed by atoms with Crippen LogP contribution in [0.25, 0.3) is 22.2 Å². The molecule has 1 fully saturated rings. The van der Waals surface area contributed by atoms with Crippen LogP contribution in [-0.2, 0) is 11.3 Å². The Balaban J connectivity index is 1.77. The molecule has 0 spiro atoms. The number of carboxylic acids is 1. The highest BCUT2D eigenvalue weighted by Crippen LogP contribution is 2.48. The number of fused-ring (bicyclic) bond motifs is 5. The Hall–Kier alpha value is -2.90. The summed E-state index contributed by atoms with van der Waals surface area (Å²) in [7, 11) is 3.72. The van der Waals surface area contributed by atoms with Crippen molar-refractivity contribution in [3.8, 4) is 11.3 Å². The van der Waals surface area contributed by atoms with Gasteiger partial charge < -0.3 is 19.9 Å². The summed E-state index contributed by atoms with van der Waals surface area (Å²) in [5.74, 6) is -1.22. The van der Waals surface area contributed by atoms with E-state index in [1.165, 1.54) is 0 Å². The van der Waals surface area contributed by atoms with E-state index >= 15 is 4.39 Å². The fourth-order valence-electron chi connectivity index (χ4n) is 5.84. The van der Waals surface area contributed by atoms with E-state index in [0.29, 0.717) is 31.0 Å². The number of benzene rings is 2. The number of aryl methyl sites for hydroxylation is 1. The Morgan fingerprint density at radius 2 is 1.92 bits per heavy atom. The molecule has 2 heterocycles. The molecular weight excluding hydrogens is 481 g/mol. The van der Waals surface area contributed by atoms with Gasteiger partial charge in [-0.05, 0) is 69.3 Å². The van der Waals surface area contributed by atoms with Gasteiger partial charge in [-0.15, -0.1) is 0 Å². The van der Waals surface area contributed by atoms with Crippen molar-refractivity contribution in [1.82, 2.24) is 9.47 Å². The summed E-state index contributed by atoms with van der Waals surface area (Å²) in [4.78, 5) is 26.8. The number of carbonyl (C=O) groups excluding carboxylic acids is 1. The van der Waals surface area contributed by atoms with Gasteiger partial charge in [0.25, 0.3) is 0 Å². The van der Waals surface area contributed by atoms with Crippen LogP contribution < -0.4 is 5.32 Å². The predicted molar refractivity (Wildman–Crippen MR) is 141 cm³/mol. The predicted octanol–water partition coefficient (Wildman–Crippen LogP) is 5.97. The smallest absolute Gasteiger partial charge is 0.335 e. The number of aromatic carboxylic acids is 1. The Kier molecular flexibility index (Phi) is 6.79. The third kappa shape index (κ3) is 4.50. The van der Waals surface area contributed by atoms with Gasteiger partial charge in [0.1, 0.15) is 6.17 Å². The van der Waals surface area contributed by atoms with Gasteiger partial charge in [-0.2, -0.15) is 0 Å². The van der Waals surface area contributed by atoms with Gasteiger partial charge in [0.05, 0.1) is 23.8 Å². The first-order valence-corrected chi connectivity index (χ1v) is 12.9. The summed E-state index contributed by atoms with van der Waals surface area (Å²) in [6.45, 7) is 0.796. The van der Waals surface area contributed by atoms with Crippen molar-refractivity contribution in [2.24, 2.45) is 0 Å². The number of hydrogen-bond acceptors (Lipinski definition) is 4. The Morgan fingerprint density at radius 1 is 1.14 bits per heavy atom. The molecule has 1 aromatic heterocycles. The van der Waals surface area contributed by atoms with Crippen LogP contribution in [-0.4, -0.2) is 59.2 Å². The molecular formula is C28H31ClFN3O3. The molecule has 1 aliphatic carbocycles. The van der Waals surface area contributed by atoms with Crippen LogP contribution in [0.5, 0.6) is 0 Å². The Morgan fingerprint density at radius 3 is 2.64 bits per heavy atom. The number of Topliss-reactive ketones (excluding diaryl/α,β-unsaturated/α-hetero) is 1. The minimum absolute atomic E-state index is 0.0633. The van der Waals surface area contributed by atoms with Crippen LogP contribution in [0, 0.1) is 0 Å². The number of ketones is 1. The normalized spacial score (nSPS) is 21.9. The van der Waals surface area contributed by atoms with Gasteiger partial charge in [-0.3, -0.25) is 4.79 Å². The highest BCUT2D eigenvalue weighted by molar-refractivity contribution is 6.31. The summed E-state index contributed by atoms with van der Waals surface area (Å²) in [5.41, 5.74) is 4.35. The zero-order valence-electron chi connectivity index (χ0n) is 20.6. The number of nitrogens with zero attached hydrogens (tertiary/aromatic N) is 2. The zero-order valence-corrected chi connectivity index (χ0v) is 21.3. The molecule has 1 saturated carbocycles. The SMILES string of the molecule is CN(C)CC(=O)C1CCn2c(c(C3CCCC[C@@H]3F)c3ccc(C(=O)O)cc32)-c2ccc(Cl)cc2N1. The van der Waals surface area contributed by atoms with Crippen LogP contribution in [0.15, 0.2) is 36.4 Å². The lowest BCUT2D eigenvalue weighted by Crippen LogP contribution is -2.38. The van der Waals surface area contributed by atoms with E-state index in [1.54, 1.807) is 12.1 Å². The molecule has 190 valence electrons. The number of carboxylic acid groups (broad SMARTS) is 1. The van der Waals surface area contributed by atoms with Crippen molar-refractivity contribution in [1.29, 1.82) is 0 Å². The van der Waals surface area contributed by atoms with E-state index in [0.717, 1.165) is 52.7 Å². The molecule has 3 atom stereocenters. The first-order valence-electron chi connectivity index (χ1n) is 12.5. The maximum atomic E-state index is 15.4. The summed E-state index contributed by atoms with van der Waals surface area (Å²) >= 11 is 6.39. The lowest BCUT2D eigenvalue weighted by Gasteiger charge is -2.30. The molecule has 0 saturated heterocycles. The van der Waals surface area contributed by atoms with Gasteiger partial charge in [0.2, 0.25) is 0 Å². The molecule has 2 aliphatic rings. The van der Waals surface area contributed by atoms with Gasteiger partial charge in [0, 0.05) is 39.6 Å². The largest absolute Gasteiger partial charge is 0.478 e. The van der Waals surface area contributed by atoms with Gasteiger partial charge in [-0.1, -0.05) is 30.5 Å². The van der Waals surface area contributed by atoms with Crippen molar-refractivity contribution in [3.05, 3.63) is 52.5 Å². The average molecular weight is 512 g/mol. The molecule has 0 radical (unpaired) electrons. The Labute approximate surface area is 215 Å². The summed E-state index contributed by atoms with van der Waals surface area (Å²) in [6, 6.07) is 10.2. The first kappa shape index (κ1) is 24.8. The van der Waals surface area contributed by atoms with Crippen LogP contribution in [0.2, 0.25) is 5.02 Å². The second-order valence-corrected chi connectivity index (χ2v) is 10.7. The van der Waals surface area contributed by atoms with Crippen molar-refractivity contribution in [2.75, 3.05) is 26.0 Å². The molecule has 2 unspecified atom stereocenters. The van der Waals surface area contributed by atoms with Crippen molar-refractivity contribution >= 4 is 39.9 Å². The number of alkyl halides is 1. The average Bonchev–Trinajstić information content (AvgIpc) is 3.12. The number of hydrogen-bond donors (Lipinski definition) is 2. The summed E-state index contributed by atoms with van der Waals surface area (Å²) in [5, 5.41) is 14.5. The lowest BCUT2D eigenvalue weighted by atomic mass is 9.80. The number of nitrogens with one attached hydrogen (secondary N) is 1. The van der Waals surface area contributed by atoms with Crippen LogP contribution in [0.1, 0.15) is 53.9 Å². The van der Waals surface area contributed by atoms with Crippen LogP contribution in [0.4, 0.5) is 10.1 Å². The Bertz CT molecular complexity index is 1340. The van der Waals surface area contributed by atoms with Gasteiger partial charge >= 0.3 is 5.97 Å². The topological polar surface area (TPSA) is 74.6 Å². The molecule has 6 nitrogen and oxygen atoms in total. The monoisotopic (exact) mass is 511 g/mol. The number of anilines is 1. The standard InChI is InChI=1S/C28H31ClFN3O3/c1-32(2)15-25(34)22-11-12-33-24-13-16(28(35)36)7-9-20(24)26(18-5-3-4-6-21(18)30)27(33)19-10-8-17(29)14-23(19)31-22/h7-10,13-14,18,21-22,31H,3-6,11-12,15H2,1-2H3,(H,35,36)/t18?,21-,22?/m0/s1. The summed E-state index contributed by atoms with van der Waals surface area (Å²) in [6.07, 6.45) is 2.65. The zero-order chi connectivity index (χ0) is 25.6. The van der Waals surface area contributed by atoms with E-state index in [1.807, 2.05) is 43.3 Å². The number of halogens is 2. The highest BCUT2D eigenvalue weighted by atomic mass is 35.5. The molecule has 0 bridgehead atoms. The number of carbonyl (C=O) groups is 2. The van der Waals surface area contributed by atoms with Crippen LogP contribution in [0.3, 0.4) is 0 Å². The number of rotatable bonds is 5. The van der Waals surface area contributed by atoms with E-state index in [-0.39, 0.29) is 17.3 Å². The van der Waals surface area contributed by atoms with Crippen molar-refractivity contribution < 1.29 is 19.1 Å². The molecule has 3 aromatic rings. The number of likely N-dealkylation sites (N-methyl/N-ethyl adjacent to an activating group) is 1. The molecule has 8 heteroatoms. The van der Waals surface area contributed by atoms with Crippen molar-refractivity contribution in [3.63, 3.8) is 0 Å². The number of aromatic nitrogens is 1. The van der Waals surface area contributed by atoms with E-state index in [2.05, 4.69) is 9.88 Å². The molecule has 2 aromatic carbocycles. The molecule has 36 heavy (non-hydrogen) atoms. The summed E-state index contributed by atoms with van der Waals surface area (Å²) < 4.78 is 17.5. The molecule has 1 aliphatic heterocycles. The maximum Gasteiger partial charge on any atom is 0.335 e. The van der Waals surface area contributed by atoms with Crippen molar-refractivity contribution in [2.45, 2.75) is 56.8 Å². The second-order valence-electron chi connectivity index (χ2n) is 10.2. The van der Waals surface area contributed by atoms with E-state index < -0.39 is 18.2 Å². The quantitative estimate of drug-likeness (QED) is 0.441. The van der Waals surface area contributed by atoms with Crippen LogP contribution >= 0.6 is 11.6 Å². The molecule has 5 rings (SSSR count). The fraction of sp³-hybridized carbons (Fsp3) is 0.429.